The van der Waals surface area contributed by atoms with Crippen LogP contribution < -0.4 is 32.3 Å². The smallest absolute Gasteiger partial charge is 0.326 e. The third-order valence-corrected chi connectivity index (χ3v) is 5.38. The van der Waals surface area contributed by atoms with Crippen molar-refractivity contribution in [3.8, 4) is 0 Å². The number of nitrogens with two attached hydrogens (primary N) is 1. The number of nitrogens with one attached hydrogen (secondary N) is 5. The number of carbonyl (C=O) groups excluding carboxylic acids is 5. The van der Waals surface area contributed by atoms with Gasteiger partial charge in [-0.15, -0.1) is 0 Å². The molecule has 17 nitrogen and oxygen atoms in total. The number of hydrogen-bond donors (Lipinski definition) is 10. The van der Waals surface area contributed by atoms with E-state index in [0.29, 0.717) is 0 Å². The molecule has 0 rings (SSSR count). The van der Waals surface area contributed by atoms with E-state index in [1.165, 1.54) is 13.8 Å². The van der Waals surface area contributed by atoms with Gasteiger partial charge in [0.05, 0.1) is 25.2 Å². The van der Waals surface area contributed by atoms with Crippen molar-refractivity contribution in [1.82, 2.24) is 26.6 Å². The van der Waals surface area contributed by atoms with Gasteiger partial charge >= 0.3 is 11.9 Å². The van der Waals surface area contributed by atoms with Crippen molar-refractivity contribution in [3.05, 3.63) is 0 Å². The molecule has 7 atom stereocenters. The molecule has 0 aromatic heterocycles. The molecular formula is C23H40N6O11. The maximum absolute atomic E-state index is 13.0. The summed E-state index contributed by atoms with van der Waals surface area (Å²) in [6.45, 7) is 6.31. The van der Waals surface area contributed by atoms with Crippen molar-refractivity contribution in [2.45, 2.75) is 89.8 Å². The molecular weight excluding hydrogens is 536 g/mol. The lowest BCUT2D eigenvalue weighted by Crippen LogP contribution is -2.61. The molecule has 0 radical (unpaired) electrons. The molecule has 0 fully saturated rings. The SMILES string of the molecule is CC(C)C[C@H](NC(=O)[C@@H](NC(=O)[C@H](CO)NC(=O)[C@H](C)NC(=O)[C@H](C)N)[C@@H](C)O)C(=O)N[C@@H](CC(=O)O)C(=O)O. The van der Waals surface area contributed by atoms with Gasteiger partial charge in [-0.3, -0.25) is 28.8 Å². The molecule has 5 amide bonds. The predicted molar refractivity (Wildman–Crippen MR) is 137 cm³/mol. The molecule has 0 bridgehead atoms. The zero-order chi connectivity index (χ0) is 31.3. The van der Waals surface area contributed by atoms with Crippen LogP contribution in [-0.4, -0.2) is 111 Å². The van der Waals surface area contributed by atoms with Crippen molar-refractivity contribution in [2.24, 2.45) is 11.7 Å². The summed E-state index contributed by atoms with van der Waals surface area (Å²) in [7, 11) is 0. The number of hydrogen-bond acceptors (Lipinski definition) is 10. The topological polar surface area (TPSA) is 287 Å². The highest BCUT2D eigenvalue weighted by Gasteiger charge is 2.34. The highest BCUT2D eigenvalue weighted by atomic mass is 16.4. The van der Waals surface area contributed by atoms with Crippen LogP contribution in [0.5, 0.6) is 0 Å². The van der Waals surface area contributed by atoms with Gasteiger partial charge in [0.1, 0.15) is 30.2 Å². The van der Waals surface area contributed by atoms with Crippen molar-refractivity contribution >= 4 is 41.5 Å². The number of carboxylic acid groups (broad SMARTS) is 2. The summed E-state index contributed by atoms with van der Waals surface area (Å²) in [4.78, 5) is 84.7. The zero-order valence-corrected chi connectivity index (χ0v) is 23.0. The van der Waals surface area contributed by atoms with Crippen LogP contribution in [0.25, 0.3) is 0 Å². The van der Waals surface area contributed by atoms with Crippen LogP contribution in [0.15, 0.2) is 0 Å². The van der Waals surface area contributed by atoms with Crippen molar-refractivity contribution in [2.75, 3.05) is 6.61 Å². The zero-order valence-electron chi connectivity index (χ0n) is 23.0. The van der Waals surface area contributed by atoms with Crippen molar-refractivity contribution in [3.63, 3.8) is 0 Å². The molecule has 40 heavy (non-hydrogen) atoms. The lowest BCUT2D eigenvalue weighted by atomic mass is 10.0. The Kier molecular flexibility index (Phi) is 15.4. The number of aliphatic hydroxyl groups excluding tert-OH is 2. The van der Waals surface area contributed by atoms with Crippen LogP contribution in [0, 0.1) is 5.92 Å². The second-order valence-corrected chi connectivity index (χ2v) is 9.68. The van der Waals surface area contributed by atoms with E-state index < -0.39 is 96.9 Å². The summed E-state index contributed by atoms with van der Waals surface area (Å²) in [5.41, 5.74) is 5.42. The van der Waals surface area contributed by atoms with Gasteiger partial charge in [0.25, 0.3) is 0 Å². The standard InChI is InChI=1S/C23H40N6O11/c1-9(2)6-13(20(36)27-14(23(39)40)7-16(32)33)26-22(38)17(12(5)31)29-21(37)15(8-30)28-19(35)11(4)25-18(34)10(3)24/h9-15,17,30-31H,6-8,24H2,1-5H3,(H,25,34)(H,26,38)(H,27,36)(H,28,35)(H,29,37)(H,32,33)(H,39,40)/t10-,11-,12+,13-,14-,15-,17-/m0/s1. The van der Waals surface area contributed by atoms with E-state index in [1.807, 2.05) is 5.32 Å². The second-order valence-electron chi connectivity index (χ2n) is 9.68. The highest BCUT2D eigenvalue weighted by molar-refractivity contribution is 5.96. The molecule has 0 aliphatic heterocycles. The van der Waals surface area contributed by atoms with Gasteiger partial charge in [0, 0.05) is 0 Å². The first-order chi connectivity index (χ1) is 18.4. The van der Waals surface area contributed by atoms with Gasteiger partial charge in [-0.2, -0.15) is 0 Å². The van der Waals surface area contributed by atoms with E-state index in [0.717, 1.165) is 6.92 Å². The molecule has 0 aliphatic rings. The number of carbonyl (C=O) groups is 7. The fraction of sp³-hybridized carbons (Fsp3) is 0.696. The van der Waals surface area contributed by atoms with Gasteiger partial charge in [0.2, 0.25) is 29.5 Å². The fourth-order valence-corrected chi connectivity index (χ4v) is 3.17. The minimum Gasteiger partial charge on any atom is -0.481 e. The Balaban J connectivity index is 5.59. The Morgan fingerprint density at radius 1 is 0.675 bits per heavy atom. The first kappa shape index (κ1) is 36.2. The van der Waals surface area contributed by atoms with Gasteiger partial charge in [-0.25, -0.2) is 4.79 Å². The summed E-state index contributed by atoms with van der Waals surface area (Å²) in [6, 6.07) is -8.49. The molecule has 228 valence electrons. The monoisotopic (exact) mass is 576 g/mol. The Hall–Kier alpha value is -3.83. The van der Waals surface area contributed by atoms with Crippen molar-refractivity contribution in [1.29, 1.82) is 0 Å². The van der Waals surface area contributed by atoms with Gasteiger partial charge in [-0.05, 0) is 33.1 Å². The number of aliphatic carboxylic acids is 2. The molecule has 0 aliphatic carbocycles. The second kappa shape index (κ2) is 17.0. The van der Waals surface area contributed by atoms with E-state index in [4.69, 9.17) is 10.8 Å². The van der Waals surface area contributed by atoms with Crippen LogP contribution in [0.4, 0.5) is 0 Å². The van der Waals surface area contributed by atoms with E-state index >= 15 is 0 Å². The van der Waals surface area contributed by atoms with Crippen LogP contribution in [0.2, 0.25) is 0 Å². The number of aliphatic hydroxyl groups is 2. The first-order valence-electron chi connectivity index (χ1n) is 12.4. The largest absolute Gasteiger partial charge is 0.481 e. The Labute approximate surface area is 230 Å². The average molecular weight is 577 g/mol. The molecule has 0 spiro atoms. The summed E-state index contributed by atoms with van der Waals surface area (Å²) >= 11 is 0. The normalized spacial score (nSPS) is 16.2. The van der Waals surface area contributed by atoms with Gasteiger partial charge in [0.15, 0.2) is 0 Å². The highest BCUT2D eigenvalue weighted by Crippen LogP contribution is 2.08. The maximum Gasteiger partial charge on any atom is 0.326 e. The van der Waals surface area contributed by atoms with Crippen LogP contribution in [0.1, 0.15) is 47.5 Å². The quantitative estimate of drug-likeness (QED) is 0.0788. The molecule has 0 saturated carbocycles. The van der Waals surface area contributed by atoms with Crippen LogP contribution in [-0.2, 0) is 33.6 Å². The first-order valence-corrected chi connectivity index (χ1v) is 12.4. The Bertz CT molecular complexity index is 940. The lowest BCUT2D eigenvalue weighted by molar-refractivity contribution is -0.147. The Morgan fingerprint density at radius 3 is 1.60 bits per heavy atom. The molecule has 0 aromatic rings. The number of carboxylic acids is 2. The Morgan fingerprint density at radius 2 is 1.18 bits per heavy atom. The van der Waals surface area contributed by atoms with E-state index in [1.54, 1.807) is 13.8 Å². The van der Waals surface area contributed by atoms with Gasteiger partial charge < -0.3 is 52.7 Å². The number of rotatable bonds is 17. The van der Waals surface area contributed by atoms with Crippen LogP contribution in [0.3, 0.4) is 0 Å². The third kappa shape index (κ3) is 12.8. The maximum atomic E-state index is 13.0. The fourth-order valence-electron chi connectivity index (χ4n) is 3.17. The van der Waals surface area contributed by atoms with Gasteiger partial charge in [-0.1, -0.05) is 13.8 Å². The predicted octanol–water partition coefficient (Wildman–Crippen LogP) is -4.24. The van der Waals surface area contributed by atoms with E-state index in [2.05, 4.69) is 21.3 Å². The number of amides is 5. The van der Waals surface area contributed by atoms with Crippen molar-refractivity contribution < 1.29 is 54.0 Å². The summed E-state index contributed by atoms with van der Waals surface area (Å²) in [5, 5.41) is 48.8. The summed E-state index contributed by atoms with van der Waals surface area (Å²) < 4.78 is 0. The summed E-state index contributed by atoms with van der Waals surface area (Å²) in [6.07, 6.45) is -2.47. The molecule has 0 heterocycles. The summed E-state index contributed by atoms with van der Waals surface area (Å²) in [5.74, 6) is -7.95. The average Bonchev–Trinajstić information content (AvgIpc) is 2.83. The molecule has 0 saturated heterocycles. The molecule has 17 heteroatoms. The molecule has 0 aromatic carbocycles. The molecule has 11 N–H and O–H groups in total. The third-order valence-electron chi connectivity index (χ3n) is 5.38. The molecule has 0 unspecified atom stereocenters. The van der Waals surface area contributed by atoms with E-state index in [9.17, 15) is 48.9 Å². The van der Waals surface area contributed by atoms with E-state index in [-0.39, 0.29) is 12.3 Å². The minimum atomic E-state index is -1.78. The minimum absolute atomic E-state index is 0.0161. The lowest BCUT2D eigenvalue weighted by Gasteiger charge is -2.27. The van der Waals surface area contributed by atoms with Crippen LogP contribution >= 0.6 is 0 Å².